The van der Waals surface area contributed by atoms with Gasteiger partial charge in [-0.3, -0.25) is 0 Å². The van der Waals surface area contributed by atoms with Gasteiger partial charge in [0, 0.05) is 17.5 Å². The molecular weight excluding hydrogens is 234 g/mol. The molecule has 0 saturated heterocycles. The second-order valence-electron chi connectivity index (χ2n) is 5.24. The Balaban J connectivity index is 2.03. The number of unbranched alkanes of at least 4 members (excludes halogenated alkanes) is 1. The average molecular weight is 259 g/mol. The third kappa shape index (κ3) is 3.60. The summed E-state index contributed by atoms with van der Waals surface area (Å²) in [6, 6.07) is 8.97. The highest BCUT2D eigenvalue weighted by Crippen LogP contribution is 2.36. The SMILES string of the molecule is C=CCCCC(NCCC)C1COc2ccccc21. The number of rotatable bonds is 8. The lowest BCUT2D eigenvalue weighted by Gasteiger charge is -2.24. The Morgan fingerprint density at radius 1 is 1.47 bits per heavy atom. The van der Waals surface area contributed by atoms with Crippen molar-refractivity contribution in [3.8, 4) is 5.75 Å². The van der Waals surface area contributed by atoms with E-state index in [2.05, 4.69) is 37.0 Å². The molecule has 1 aliphatic rings. The van der Waals surface area contributed by atoms with Crippen molar-refractivity contribution in [2.45, 2.75) is 44.6 Å². The minimum absolute atomic E-state index is 0.493. The first-order valence-corrected chi connectivity index (χ1v) is 7.42. The summed E-state index contributed by atoms with van der Waals surface area (Å²) >= 11 is 0. The van der Waals surface area contributed by atoms with E-state index < -0.39 is 0 Å². The number of para-hydroxylation sites is 1. The van der Waals surface area contributed by atoms with Crippen LogP contribution in [0.1, 0.15) is 44.1 Å². The summed E-state index contributed by atoms with van der Waals surface area (Å²) in [4.78, 5) is 0. The Hall–Kier alpha value is -1.28. The van der Waals surface area contributed by atoms with Crippen LogP contribution in [0.5, 0.6) is 5.75 Å². The minimum atomic E-state index is 0.493. The fraction of sp³-hybridized carbons (Fsp3) is 0.529. The van der Waals surface area contributed by atoms with Crippen molar-refractivity contribution in [1.29, 1.82) is 0 Å². The second kappa shape index (κ2) is 7.34. The van der Waals surface area contributed by atoms with Crippen LogP contribution in [-0.4, -0.2) is 19.2 Å². The molecule has 0 aromatic heterocycles. The van der Waals surface area contributed by atoms with E-state index in [1.165, 1.54) is 24.8 Å². The molecule has 1 heterocycles. The topological polar surface area (TPSA) is 21.3 Å². The van der Waals surface area contributed by atoms with Crippen molar-refractivity contribution in [1.82, 2.24) is 5.32 Å². The maximum absolute atomic E-state index is 5.82. The summed E-state index contributed by atoms with van der Waals surface area (Å²) < 4.78 is 5.82. The zero-order valence-corrected chi connectivity index (χ0v) is 11.9. The highest BCUT2D eigenvalue weighted by Gasteiger charge is 2.30. The van der Waals surface area contributed by atoms with Crippen molar-refractivity contribution in [2.75, 3.05) is 13.2 Å². The van der Waals surface area contributed by atoms with E-state index >= 15 is 0 Å². The van der Waals surface area contributed by atoms with E-state index in [9.17, 15) is 0 Å². The molecule has 2 unspecified atom stereocenters. The number of hydrogen-bond acceptors (Lipinski definition) is 2. The molecule has 2 heteroatoms. The van der Waals surface area contributed by atoms with Gasteiger partial charge in [-0.1, -0.05) is 31.2 Å². The van der Waals surface area contributed by atoms with E-state index in [1.807, 2.05) is 12.1 Å². The van der Waals surface area contributed by atoms with Crippen LogP contribution in [0.3, 0.4) is 0 Å². The van der Waals surface area contributed by atoms with Gasteiger partial charge in [-0.2, -0.15) is 0 Å². The second-order valence-corrected chi connectivity index (χ2v) is 5.24. The molecule has 2 atom stereocenters. The molecule has 19 heavy (non-hydrogen) atoms. The number of benzene rings is 1. The van der Waals surface area contributed by atoms with Crippen LogP contribution < -0.4 is 10.1 Å². The van der Waals surface area contributed by atoms with Crippen molar-refractivity contribution in [3.63, 3.8) is 0 Å². The van der Waals surface area contributed by atoms with Crippen molar-refractivity contribution < 1.29 is 4.74 Å². The van der Waals surface area contributed by atoms with Gasteiger partial charge in [0.2, 0.25) is 0 Å². The molecule has 1 N–H and O–H groups in total. The predicted octanol–water partition coefficient (Wildman–Crippen LogP) is 3.89. The largest absolute Gasteiger partial charge is 0.493 e. The quantitative estimate of drug-likeness (QED) is 0.565. The number of ether oxygens (including phenoxy) is 1. The Morgan fingerprint density at radius 2 is 2.32 bits per heavy atom. The Bertz CT molecular complexity index is 402. The molecule has 0 radical (unpaired) electrons. The first-order chi connectivity index (χ1) is 9.36. The molecule has 0 aliphatic carbocycles. The molecule has 1 aliphatic heterocycles. The van der Waals surface area contributed by atoms with Gasteiger partial charge in [-0.15, -0.1) is 6.58 Å². The van der Waals surface area contributed by atoms with Crippen LogP contribution in [0.2, 0.25) is 0 Å². The van der Waals surface area contributed by atoms with Crippen LogP contribution in [0.15, 0.2) is 36.9 Å². The molecule has 104 valence electrons. The summed E-state index contributed by atoms with van der Waals surface area (Å²) in [6.45, 7) is 7.92. The Kier molecular flexibility index (Phi) is 5.46. The normalized spacial score (nSPS) is 18.7. The van der Waals surface area contributed by atoms with Crippen molar-refractivity contribution in [3.05, 3.63) is 42.5 Å². The zero-order chi connectivity index (χ0) is 13.5. The Labute approximate surface area is 116 Å². The highest BCUT2D eigenvalue weighted by molar-refractivity contribution is 5.40. The van der Waals surface area contributed by atoms with E-state index in [1.54, 1.807) is 0 Å². The smallest absolute Gasteiger partial charge is 0.122 e. The fourth-order valence-corrected chi connectivity index (χ4v) is 2.78. The number of allylic oxidation sites excluding steroid dienone is 1. The fourth-order valence-electron chi connectivity index (χ4n) is 2.78. The lowest BCUT2D eigenvalue weighted by molar-refractivity contribution is 0.290. The molecule has 2 rings (SSSR count). The zero-order valence-electron chi connectivity index (χ0n) is 11.9. The summed E-state index contributed by atoms with van der Waals surface area (Å²) in [5.41, 5.74) is 1.37. The molecule has 1 aromatic carbocycles. The van der Waals surface area contributed by atoms with Gasteiger partial charge < -0.3 is 10.1 Å². The maximum Gasteiger partial charge on any atom is 0.122 e. The molecule has 2 nitrogen and oxygen atoms in total. The first-order valence-electron chi connectivity index (χ1n) is 7.42. The monoisotopic (exact) mass is 259 g/mol. The number of hydrogen-bond donors (Lipinski definition) is 1. The van der Waals surface area contributed by atoms with Gasteiger partial charge in [0.25, 0.3) is 0 Å². The van der Waals surface area contributed by atoms with Gasteiger partial charge in [0.05, 0.1) is 6.61 Å². The average Bonchev–Trinajstić information content (AvgIpc) is 2.87. The first kappa shape index (κ1) is 14.1. The summed E-state index contributed by atoms with van der Waals surface area (Å²) in [7, 11) is 0. The standard InChI is InChI=1S/C17H25NO/c1-3-5-6-10-16(18-12-4-2)15-13-19-17-11-8-7-9-14(15)17/h3,7-9,11,15-16,18H,1,4-6,10,12-13H2,2H3. The van der Waals surface area contributed by atoms with Crippen LogP contribution in [-0.2, 0) is 0 Å². The molecule has 0 saturated carbocycles. The van der Waals surface area contributed by atoms with Crippen LogP contribution in [0, 0.1) is 0 Å². The lowest BCUT2D eigenvalue weighted by Crippen LogP contribution is -2.36. The maximum atomic E-state index is 5.82. The van der Waals surface area contributed by atoms with E-state index in [0.717, 1.165) is 25.3 Å². The summed E-state index contributed by atoms with van der Waals surface area (Å²) in [6.07, 6.45) is 6.67. The predicted molar refractivity (Wildman–Crippen MR) is 80.8 cm³/mol. The molecule has 0 bridgehead atoms. The van der Waals surface area contributed by atoms with Crippen molar-refractivity contribution >= 4 is 0 Å². The third-order valence-corrected chi connectivity index (χ3v) is 3.80. The highest BCUT2D eigenvalue weighted by atomic mass is 16.5. The molecule has 0 amide bonds. The number of nitrogens with one attached hydrogen (secondary N) is 1. The van der Waals surface area contributed by atoms with E-state index in [4.69, 9.17) is 4.74 Å². The van der Waals surface area contributed by atoms with Crippen molar-refractivity contribution in [2.24, 2.45) is 0 Å². The van der Waals surface area contributed by atoms with Crippen LogP contribution in [0.4, 0.5) is 0 Å². The summed E-state index contributed by atoms with van der Waals surface area (Å²) in [5.74, 6) is 1.56. The molecule has 0 fully saturated rings. The number of fused-ring (bicyclic) bond motifs is 1. The van der Waals surface area contributed by atoms with Gasteiger partial charge in [0.15, 0.2) is 0 Å². The van der Waals surface area contributed by atoms with Gasteiger partial charge in [0.1, 0.15) is 5.75 Å². The molecule has 0 spiro atoms. The van der Waals surface area contributed by atoms with E-state index in [0.29, 0.717) is 12.0 Å². The van der Waals surface area contributed by atoms with Gasteiger partial charge in [-0.25, -0.2) is 0 Å². The third-order valence-electron chi connectivity index (χ3n) is 3.80. The molecule has 1 aromatic rings. The molecular formula is C17H25NO. The van der Waals surface area contributed by atoms with Crippen LogP contribution >= 0.6 is 0 Å². The van der Waals surface area contributed by atoms with Gasteiger partial charge >= 0.3 is 0 Å². The van der Waals surface area contributed by atoms with E-state index in [-0.39, 0.29) is 0 Å². The Morgan fingerprint density at radius 3 is 3.11 bits per heavy atom. The lowest BCUT2D eigenvalue weighted by atomic mass is 9.90. The minimum Gasteiger partial charge on any atom is -0.493 e. The van der Waals surface area contributed by atoms with Crippen LogP contribution in [0.25, 0.3) is 0 Å². The summed E-state index contributed by atoms with van der Waals surface area (Å²) in [5, 5.41) is 3.70. The van der Waals surface area contributed by atoms with Gasteiger partial charge in [-0.05, 0) is 38.3 Å².